The Morgan fingerprint density at radius 1 is 1.30 bits per heavy atom. The van der Waals surface area contributed by atoms with Gasteiger partial charge in [-0.1, -0.05) is 28.1 Å². The highest BCUT2D eigenvalue weighted by molar-refractivity contribution is 14.0. The second-order valence-corrected chi connectivity index (χ2v) is 6.89. The van der Waals surface area contributed by atoms with Crippen LogP contribution in [0.1, 0.15) is 26.3 Å². The first-order valence-corrected chi connectivity index (χ1v) is 7.88. The zero-order valence-corrected chi connectivity index (χ0v) is 18.1. The fourth-order valence-corrected chi connectivity index (χ4v) is 2.12. The summed E-state index contributed by atoms with van der Waals surface area (Å²) in [5, 5.41) is 3.02. The highest BCUT2D eigenvalue weighted by atomic mass is 127. The molecule has 0 aromatic heterocycles. The number of esters is 1. The monoisotopic (exact) mass is 497 g/mol. The maximum atomic E-state index is 11.7. The number of guanidine groups is 1. The number of hydrogen-bond donors (Lipinski definition) is 1. The fraction of sp³-hybridized carbons (Fsp3) is 0.500. The predicted octanol–water partition coefficient (Wildman–Crippen LogP) is 3.42. The first kappa shape index (κ1) is 22.2. The Bertz CT molecular complexity index is 527. The van der Waals surface area contributed by atoms with E-state index in [0.717, 1.165) is 10.0 Å². The lowest BCUT2D eigenvalue weighted by Gasteiger charge is -2.23. The average Bonchev–Trinajstić information content (AvgIpc) is 2.40. The normalized spacial score (nSPS) is 11.5. The topological polar surface area (TPSA) is 53.9 Å². The van der Waals surface area contributed by atoms with Crippen LogP contribution in [-0.2, 0) is 16.1 Å². The fourth-order valence-electron chi connectivity index (χ4n) is 1.85. The van der Waals surface area contributed by atoms with Crippen LogP contribution in [0, 0.1) is 0 Å². The van der Waals surface area contributed by atoms with E-state index < -0.39 is 5.60 Å². The van der Waals surface area contributed by atoms with Crippen molar-refractivity contribution in [1.82, 2.24) is 10.2 Å². The van der Waals surface area contributed by atoms with Gasteiger partial charge in [-0.25, -0.2) is 0 Å². The number of nitrogens with zero attached hydrogens (tertiary/aromatic N) is 2. The van der Waals surface area contributed by atoms with Crippen molar-refractivity contribution in [2.75, 3.05) is 20.6 Å². The standard InChI is InChI=1S/C16H24BrN3O2.HI/c1-16(2,3)22-14(21)10-19-15(18-4)20(5)11-12-6-8-13(17)9-7-12;/h6-9H,10-11H2,1-5H3,(H,18,19);1H. The molecule has 0 spiro atoms. The van der Waals surface area contributed by atoms with Crippen LogP contribution in [0.25, 0.3) is 0 Å². The summed E-state index contributed by atoms with van der Waals surface area (Å²) in [5.41, 5.74) is 0.678. The maximum Gasteiger partial charge on any atom is 0.325 e. The van der Waals surface area contributed by atoms with Gasteiger partial charge in [0, 0.05) is 25.1 Å². The molecule has 5 nitrogen and oxygen atoms in total. The van der Waals surface area contributed by atoms with Crippen LogP contribution in [0.2, 0.25) is 0 Å². The van der Waals surface area contributed by atoms with Gasteiger partial charge < -0.3 is 15.0 Å². The van der Waals surface area contributed by atoms with Gasteiger partial charge >= 0.3 is 5.97 Å². The highest BCUT2D eigenvalue weighted by Gasteiger charge is 2.17. The molecule has 0 atom stereocenters. The van der Waals surface area contributed by atoms with Crippen molar-refractivity contribution in [3.8, 4) is 0 Å². The largest absolute Gasteiger partial charge is 0.459 e. The molecule has 0 bridgehead atoms. The van der Waals surface area contributed by atoms with Crippen LogP contribution in [0.3, 0.4) is 0 Å². The van der Waals surface area contributed by atoms with E-state index in [1.807, 2.05) is 57.0 Å². The van der Waals surface area contributed by atoms with Crippen molar-refractivity contribution in [2.24, 2.45) is 4.99 Å². The quantitative estimate of drug-likeness (QED) is 0.300. The molecule has 0 saturated carbocycles. The number of aliphatic imine (C=N–C) groups is 1. The zero-order valence-electron chi connectivity index (χ0n) is 14.2. The number of rotatable bonds is 4. The molecule has 0 aliphatic heterocycles. The van der Waals surface area contributed by atoms with Gasteiger partial charge in [0.1, 0.15) is 12.1 Å². The summed E-state index contributed by atoms with van der Waals surface area (Å²) in [6, 6.07) is 8.09. The Morgan fingerprint density at radius 2 is 1.87 bits per heavy atom. The van der Waals surface area contributed by atoms with Crippen molar-refractivity contribution in [3.05, 3.63) is 34.3 Å². The molecule has 0 saturated heterocycles. The molecule has 0 aliphatic carbocycles. The molecule has 0 amide bonds. The minimum absolute atomic E-state index is 0. The molecule has 1 N–H and O–H groups in total. The van der Waals surface area contributed by atoms with Crippen LogP contribution in [0.15, 0.2) is 33.7 Å². The Balaban J connectivity index is 0.00000484. The van der Waals surface area contributed by atoms with Gasteiger partial charge in [-0.3, -0.25) is 9.79 Å². The second kappa shape index (κ2) is 10.1. The van der Waals surface area contributed by atoms with E-state index in [0.29, 0.717) is 12.5 Å². The van der Waals surface area contributed by atoms with Crippen molar-refractivity contribution in [3.63, 3.8) is 0 Å². The van der Waals surface area contributed by atoms with Gasteiger partial charge in [0.25, 0.3) is 0 Å². The Kier molecular flexibility index (Phi) is 9.76. The summed E-state index contributed by atoms with van der Waals surface area (Å²) in [7, 11) is 3.61. The van der Waals surface area contributed by atoms with E-state index in [1.165, 1.54) is 0 Å². The SMILES string of the molecule is CN=C(NCC(=O)OC(C)(C)C)N(C)Cc1ccc(Br)cc1.I. The molecular formula is C16H25BrIN3O2. The van der Waals surface area contributed by atoms with Gasteiger partial charge in [0.05, 0.1) is 0 Å². The first-order valence-electron chi connectivity index (χ1n) is 7.09. The summed E-state index contributed by atoms with van der Waals surface area (Å²) in [4.78, 5) is 17.9. The summed E-state index contributed by atoms with van der Waals surface area (Å²) in [6.45, 7) is 6.33. The lowest BCUT2D eigenvalue weighted by Crippen LogP contribution is -2.42. The van der Waals surface area contributed by atoms with E-state index in [4.69, 9.17) is 4.74 Å². The number of benzene rings is 1. The Morgan fingerprint density at radius 3 is 2.35 bits per heavy atom. The van der Waals surface area contributed by atoms with Crippen LogP contribution in [0.5, 0.6) is 0 Å². The van der Waals surface area contributed by atoms with Gasteiger partial charge in [-0.2, -0.15) is 0 Å². The number of carbonyl (C=O) groups excluding carboxylic acids is 1. The van der Waals surface area contributed by atoms with E-state index in [2.05, 4.69) is 26.2 Å². The van der Waals surface area contributed by atoms with Gasteiger partial charge in [0.15, 0.2) is 5.96 Å². The molecule has 23 heavy (non-hydrogen) atoms. The number of ether oxygens (including phenoxy) is 1. The third kappa shape index (κ3) is 9.14. The molecule has 0 fully saturated rings. The molecule has 130 valence electrons. The number of hydrogen-bond acceptors (Lipinski definition) is 3. The summed E-state index contributed by atoms with van der Waals surface area (Å²) >= 11 is 3.42. The molecule has 0 unspecified atom stereocenters. The minimum Gasteiger partial charge on any atom is -0.459 e. The molecule has 0 radical (unpaired) electrons. The Labute approximate surface area is 164 Å². The molecule has 1 aromatic rings. The third-order valence-corrected chi connectivity index (χ3v) is 3.25. The van der Waals surface area contributed by atoms with Crippen LogP contribution < -0.4 is 5.32 Å². The molecule has 7 heteroatoms. The molecule has 1 rings (SSSR count). The minimum atomic E-state index is -0.481. The van der Waals surface area contributed by atoms with Gasteiger partial charge in [0.2, 0.25) is 0 Å². The van der Waals surface area contributed by atoms with E-state index >= 15 is 0 Å². The predicted molar refractivity (Wildman–Crippen MR) is 108 cm³/mol. The van der Waals surface area contributed by atoms with Crippen LogP contribution in [-0.4, -0.2) is 43.1 Å². The first-order chi connectivity index (χ1) is 10.2. The number of carbonyl (C=O) groups is 1. The van der Waals surface area contributed by atoms with Crippen molar-refractivity contribution < 1.29 is 9.53 Å². The summed E-state index contributed by atoms with van der Waals surface area (Å²) < 4.78 is 6.31. The lowest BCUT2D eigenvalue weighted by molar-refractivity contribution is -0.153. The average molecular weight is 498 g/mol. The van der Waals surface area contributed by atoms with Gasteiger partial charge in [-0.05, 0) is 38.5 Å². The Hall–Kier alpha value is -0.830. The van der Waals surface area contributed by atoms with Gasteiger partial charge in [-0.15, -0.1) is 24.0 Å². The van der Waals surface area contributed by atoms with Crippen molar-refractivity contribution in [1.29, 1.82) is 0 Å². The van der Waals surface area contributed by atoms with E-state index in [9.17, 15) is 4.79 Å². The van der Waals surface area contributed by atoms with Crippen LogP contribution >= 0.6 is 39.9 Å². The molecule has 0 aliphatic rings. The zero-order chi connectivity index (χ0) is 16.8. The van der Waals surface area contributed by atoms with E-state index in [1.54, 1.807) is 7.05 Å². The molecule has 0 heterocycles. The van der Waals surface area contributed by atoms with Crippen molar-refractivity contribution >= 4 is 51.8 Å². The highest BCUT2D eigenvalue weighted by Crippen LogP contribution is 2.12. The smallest absolute Gasteiger partial charge is 0.325 e. The van der Waals surface area contributed by atoms with Crippen LogP contribution in [0.4, 0.5) is 0 Å². The number of nitrogens with one attached hydrogen (secondary N) is 1. The summed E-state index contributed by atoms with van der Waals surface area (Å²) in [5.74, 6) is 0.347. The van der Waals surface area contributed by atoms with Crippen molar-refractivity contribution in [2.45, 2.75) is 32.9 Å². The maximum absolute atomic E-state index is 11.7. The third-order valence-electron chi connectivity index (χ3n) is 2.72. The second-order valence-electron chi connectivity index (χ2n) is 5.97. The molecular weight excluding hydrogens is 473 g/mol. The van der Waals surface area contributed by atoms with E-state index in [-0.39, 0.29) is 36.5 Å². The molecule has 1 aromatic carbocycles. The lowest BCUT2D eigenvalue weighted by atomic mass is 10.2. The number of halogens is 2. The summed E-state index contributed by atoms with van der Waals surface area (Å²) in [6.07, 6.45) is 0.